The topological polar surface area (TPSA) is 66.4 Å². The van der Waals surface area contributed by atoms with Crippen molar-refractivity contribution in [1.82, 2.24) is 0 Å². The Morgan fingerprint density at radius 2 is 1.96 bits per heavy atom. The first-order chi connectivity index (χ1) is 12.5. The lowest BCUT2D eigenvalue weighted by Crippen LogP contribution is -2.22. The second kappa shape index (κ2) is 6.38. The van der Waals surface area contributed by atoms with Gasteiger partial charge >= 0.3 is 5.97 Å². The first-order valence-corrected chi connectivity index (χ1v) is 8.91. The van der Waals surface area contributed by atoms with Gasteiger partial charge in [-0.3, -0.25) is 4.79 Å². The van der Waals surface area contributed by atoms with Crippen LogP contribution in [0.4, 0.5) is 10.1 Å². The van der Waals surface area contributed by atoms with Gasteiger partial charge in [-0.1, -0.05) is 24.3 Å². The van der Waals surface area contributed by atoms with Crippen LogP contribution in [0.2, 0.25) is 0 Å². The zero-order valence-corrected chi connectivity index (χ0v) is 14.3. The summed E-state index contributed by atoms with van der Waals surface area (Å²) in [5.74, 6) is -1.57. The molecule has 2 N–H and O–H groups in total. The van der Waals surface area contributed by atoms with Gasteiger partial charge in [0.15, 0.2) is 0 Å². The van der Waals surface area contributed by atoms with Gasteiger partial charge in [-0.2, -0.15) is 0 Å². The van der Waals surface area contributed by atoms with E-state index in [2.05, 4.69) is 5.32 Å². The highest BCUT2D eigenvalue weighted by molar-refractivity contribution is 7.11. The Bertz CT molecular complexity index is 1010. The summed E-state index contributed by atoms with van der Waals surface area (Å²) in [6.45, 7) is 0. The third kappa shape index (κ3) is 2.88. The van der Waals surface area contributed by atoms with Crippen molar-refractivity contribution in [2.24, 2.45) is 0 Å². The number of halogens is 1. The number of anilines is 1. The molecule has 130 valence electrons. The van der Waals surface area contributed by atoms with Crippen LogP contribution >= 0.6 is 11.3 Å². The normalized spacial score (nSPS) is 16.0. The van der Waals surface area contributed by atoms with Crippen molar-refractivity contribution in [2.45, 2.75) is 12.3 Å². The maximum Gasteiger partial charge on any atom is 0.335 e. The van der Waals surface area contributed by atoms with E-state index >= 15 is 0 Å². The Morgan fingerprint density at radius 3 is 2.65 bits per heavy atom. The van der Waals surface area contributed by atoms with Gasteiger partial charge in [0.05, 0.1) is 11.3 Å². The maximum absolute atomic E-state index is 13.6. The number of amides is 1. The first kappa shape index (κ1) is 16.5. The predicted molar refractivity (Wildman–Crippen MR) is 98.2 cm³/mol. The van der Waals surface area contributed by atoms with Gasteiger partial charge in [-0.15, -0.1) is 11.3 Å². The van der Waals surface area contributed by atoms with E-state index < -0.39 is 5.97 Å². The van der Waals surface area contributed by atoms with E-state index in [-0.39, 0.29) is 23.2 Å². The van der Waals surface area contributed by atoms with E-state index in [1.54, 1.807) is 30.3 Å². The number of thiophene rings is 1. The fourth-order valence-corrected chi connectivity index (χ4v) is 4.38. The maximum atomic E-state index is 13.6. The zero-order chi connectivity index (χ0) is 18.3. The highest BCUT2D eigenvalue weighted by Gasteiger charge is 2.30. The summed E-state index contributed by atoms with van der Waals surface area (Å²) in [6.07, 6.45) is 0.294. The molecule has 4 rings (SSSR count). The van der Waals surface area contributed by atoms with Gasteiger partial charge in [-0.25, -0.2) is 9.18 Å². The molecule has 2 aromatic carbocycles. The molecule has 0 radical (unpaired) electrons. The summed E-state index contributed by atoms with van der Waals surface area (Å²) < 4.78 is 13.6. The minimum Gasteiger partial charge on any atom is -0.478 e. The molecule has 26 heavy (non-hydrogen) atoms. The van der Waals surface area contributed by atoms with Crippen molar-refractivity contribution in [2.75, 3.05) is 5.32 Å². The summed E-state index contributed by atoms with van der Waals surface area (Å²) in [7, 11) is 0. The Hall–Kier alpha value is -2.99. The van der Waals surface area contributed by atoms with Gasteiger partial charge in [0.25, 0.3) is 0 Å². The Labute approximate surface area is 152 Å². The molecule has 1 amide bonds. The van der Waals surface area contributed by atoms with Crippen molar-refractivity contribution in [1.29, 1.82) is 0 Å². The average Bonchev–Trinajstić information content (AvgIpc) is 3.05. The molecule has 0 fully saturated rings. The quantitative estimate of drug-likeness (QED) is 0.703. The number of carboxylic acids is 1. The van der Waals surface area contributed by atoms with Crippen molar-refractivity contribution < 1.29 is 19.1 Å². The van der Waals surface area contributed by atoms with Crippen LogP contribution in [0.3, 0.4) is 0 Å². The molecule has 6 heteroatoms. The lowest BCUT2D eigenvalue weighted by atomic mass is 9.88. The Kier molecular flexibility index (Phi) is 4.05. The molecule has 1 unspecified atom stereocenters. The average molecular weight is 367 g/mol. The minimum absolute atomic E-state index is 0.110. The number of hydrogen-bond acceptors (Lipinski definition) is 3. The van der Waals surface area contributed by atoms with Gasteiger partial charge in [0.2, 0.25) is 5.91 Å². The van der Waals surface area contributed by atoms with Crippen molar-refractivity contribution in [3.8, 4) is 11.1 Å². The number of carbonyl (C=O) groups is 2. The van der Waals surface area contributed by atoms with Gasteiger partial charge in [0.1, 0.15) is 5.82 Å². The fraction of sp³-hybridized carbons (Fsp3) is 0.100. The standard InChI is InChI=1S/C20H14FNO3S/c21-14-3-1-2-13(8-14)16-10-26-19-15(9-17(23)22-18(16)19)11-4-6-12(7-5-11)20(24)25/h1-8,10,15H,9H2,(H,22,23)(H,24,25). The van der Waals surface area contributed by atoms with Crippen molar-refractivity contribution >= 4 is 28.9 Å². The summed E-state index contributed by atoms with van der Waals surface area (Å²) in [4.78, 5) is 24.3. The molecule has 0 saturated heterocycles. The SMILES string of the molecule is O=C1CC(c2ccc(C(=O)O)cc2)c2scc(-c3cccc(F)c3)c2N1. The van der Waals surface area contributed by atoms with E-state index in [9.17, 15) is 14.0 Å². The largest absolute Gasteiger partial charge is 0.478 e. The van der Waals surface area contributed by atoms with Gasteiger partial charge in [-0.05, 0) is 35.4 Å². The molecule has 1 aromatic heterocycles. The Balaban J connectivity index is 1.77. The molecule has 0 aliphatic carbocycles. The van der Waals surface area contributed by atoms with E-state index in [1.807, 2.05) is 11.4 Å². The highest BCUT2D eigenvalue weighted by Crippen LogP contribution is 2.46. The summed E-state index contributed by atoms with van der Waals surface area (Å²) >= 11 is 1.51. The van der Waals surface area contributed by atoms with Crippen LogP contribution in [0.25, 0.3) is 11.1 Å². The molecule has 1 aliphatic heterocycles. The number of nitrogens with one attached hydrogen (secondary N) is 1. The molecular formula is C20H14FNO3S. The monoisotopic (exact) mass is 367 g/mol. The Morgan fingerprint density at radius 1 is 1.19 bits per heavy atom. The van der Waals surface area contributed by atoms with Crippen LogP contribution < -0.4 is 5.32 Å². The van der Waals surface area contributed by atoms with Crippen LogP contribution in [-0.4, -0.2) is 17.0 Å². The molecule has 2 heterocycles. The number of fused-ring (bicyclic) bond motifs is 1. The van der Waals surface area contributed by atoms with Crippen LogP contribution in [-0.2, 0) is 4.79 Å². The molecule has 1 atom stereocenters. The summed E-state index contributed by atoms with van der Waals surface area (Å²) in [5, 5.41) is 13.9. The highest BCUT2D eigenvalue weighted by atomic mass is 32.1. The molecular weight excluding hydrogens is 353 g/mol. The van der Waals surface area contributed by atoms with Crippen LogP contribution in [0, 0.1) is 5.82 Å². The number of benzene rings is 2. The minimum atomic E-state index is -0.983. The summed E-state index contributed by atoms with van der Waals surface area (Å²) in [5.41, 5.74) is 3.32. The number of carboxylic acid groups (broad SMARTS) is 1. The molecule has 0 spiro atoms. The molecule has 1 aliphatic rings. The smallest absolute Gasteiger partial charge is 0.335 e. The van der Waals surface area contributed by atoms with E-state index in [4.69, 9.17) is 5.11 Å². The molecule has 4 nitrogen and oxygen atoms in total. The van der Waals surface area contributed by atoms with Gasteiger partial charge < -0.3 is 10.4 Å². The van der Waals surface area contributed by atoms with Crippen LogP contribution in [0.5, 0.6) is 0 Å². The van der Waals surface area contributed by atoms with Crippen LogP contribution in [0.1, 0.15) is 33.1 Å². The lowest BCUT2D eigenvalue weighted by molar-refractivity contribution is -0.116. The molecule has 3 aromatic rings. The number of carbonyl (C=O) groups excluding carboxylic acids is 1. The van der Waals surface area contributed by atoms with Crippen molar-refractivity contribution in [3.63, 3.8) is 0 Å². The van der Waals surface area contributed by atoms with Crippen molar-refractivity contribution in [3.05, 3.63) is 75.7 Å². The third-order valence-electron chi connectivity index (χ3n) is 4.49. The zero-order valence-electron chi connectivity index (χ0n) is 13.5. The molecule has 0 bridgehead atoms. The van der Waals surface area contributed by atoms with Gasteiger partial charge in [0, 0.05) is 28.2 Å². The fourth-order valence-electron chi connectivity index (χ4n) is 3.22. The lowest BCUT2D eigenvalue weighted by Gasteiger charge is -2.24. The molecule has 0 saturated carbocycles. The van der Waals surface area contributed by atoms with E-state index in [1.165, 1.54) is 23.5 Å². The second-order valence-corrected chi connectivity index (χ2v) is 7.04. The van der Waals surface area contributed by atoms with E-state index in [0.29, 0.717) is 17.7 Å². The van der Waals surface area contributed by atoms with E-state index in [0.717, 1.165) is 16.0 Å². The second-order valence-electron chi connectivity index (χ2n) is 6.13. The van der Waals surface area contributed by atoms with Crippen LogP contribution in [0.15, 0.2) is 53.9 Å². The number of aromatic carboxylic acids is 1. The number of hydrogen-bond donors (Lipinski definition) is 2. The summed E-state index contributed by atoms with van der Waals surface area (Å²) in [6, 6.07) is 12.9. The third-order valence-corrected chi connectivity index (χ3v) is 5.58. The first-order valence-electron chi connectivity index (χ1n) is 8.03. The number of rotatable bonds is 3. The predicted octanol–water partition coefficient (Wildman–Crippen LogP) is 4.73.